The van der Waals surface area contributed by atoms with Crippen molar-refractivity contribution < 1.29 is 17.8 Å². The lowest BCUT2D eigenvalue weighted by atomic mass is 10.2. The predicted octanol–water partition coefficient (Wildman–Crippen LogP) is 1.25. The van der Waals surface area contributed by atoms with E-state index in [4.69, 9.17) is 11.6 Å². The summed E-state index contributed by atoms with van der Waals surface area (Å²) in [5, 5.41) is 3.94. The van der Waals surface area contributed by atoms with E-state index in [1.165, 1.54) is 11.1 Å². The van der Waals surface area contributed by atoms with Crippen LogP contribution >= 0.6 is 11.6 Å². The van der Waals surface area contributed by atoms with E-state index in [0.29, 0.717) is 29.0 Å². The molecule has 1 aliphatic heterocycles. The number of para-hydroxylation sites is 1. The van der Waals surface area contributed by atoms with Crippen LogP contribution in [0.1, 0.15) is 0 Å². The molecule has 0 aliphatic carbocycles. The number of aromatic nitrogens is 1. The molecule has 0 bridgehead atoms. The highest BCUT2D eigenvalue weighted by Gasteiger charge is 2.21. The lowest BCUT2D eigenvalue weighted by Gasteiger charge is -2.06. The number of nitrogens with one attached hydrogen (secondary N) is 1. The predicted molar refractivity (Wildman–Crippen MR) is 96.8 cm³/mol. The second kappa shape index (κ2) is 7.85. The average molecular weight is 387 g/mol. The Labute approximate surface area is 150 Å². The average Bonchev–Trinajstić information content (AvgIpc) is 3.16. The Kier molecular flexibility index (Phi) is 6.04. The van der Waals surface area contributed by atoms with Gasteiger partial charge in [0.2, 0.25) is 6.41 Å². The number of carbonyl (C=O) groups is 1. The van der Waals surface area contributed by atoms with Crippen LogP contribution in [0.3, 0.4) is 0 Å². The lowest BCUT2D eigenvalue weighted by molar-refractivity contribution is -0.115. The summed E-state index contributed by atoms with van der Waals surface area (Å²) in [5.41, 5.74) is 0.568. The molecule has 3 rings (SSSR count). The van der Waals surface area contributed by atoms with Gasteiger partial charge in [0.15, 0.2) is 0 Å². The van der Waals surface area contributed by atoms with E-state index in [9.17, 15) is 17.8 Å². The van der Waals surface area contributed by atoms with Crippen molar-refractivity contribution in [1.82, 2.24) is 14.8 Å². The molecule has 2 heterocycles. The molecule has 0 fully saturated rings. The summed E-state index contributed by atoms with van der Waals surface area (Å²) in [6.45, 7) is 1.86. The van der Waals surface area contributed by atoms with Crippen LogP contribution in [0.25, 0.3) is 10.9 Å². The Morgan fingerprint density at radius 1 is 1.44 bits per heavy atom. The number of rotatable bonds is 4. The van der Waals surface area contributed by atoms with Crippen molar-refractivity contribution in [3.63, 3.8) is 0 Å². The van der Waals surface area contributed by atoms with Gasteiger partial charge in [-0.25, -0.2) is 0 Å². The SMILES string of the molecule is CN(C)C=O.O=S(=O)(O)c1cn(CC2=NCCN2)c2c(Cl)cccc12. The number of hydrogen-bond donors (Lipinski definition) is 2. The quantitative estimate of drug-likeness (QED) is 0.607. The Bertz CT molecular complexity index is 906. The fraction of sp³-hybridized carbons (Fsp3) is 0.333. The zero-order valence-corrected chi connectivity index (χ0v) is 15.4. The molecule has 1 aromatic carbocycles. The van der Waals surface area contributed by atoms with E-state index in [-0.39, 0.29) is 4.90 Å². The van der Waals surface area contributed by atoms with Gasteiger partial charge in [0.1, 0.15) is 10.7 Å². The number of nitrogens with zero attached hydrogens (tertiary/aromatic N) is 3. The molecule has 136 valence electrons. The van der Waals surface area contributed by atoms with Gasteiger partial charge in [-0.2, -0.15) is 8.42 Å². The summed E-state index contributed by atoms with van der Waals surface area (Å²) in [4.78, 5) is 15.0. The van der Waals surface area contributed by atoms with Gasteiger partial charge in [0.05, 0.1) is 23.6 Å². The number of amides is 1. The van der Waals surface area contributed by atoms with Crippen LogP contribution in [0.2, 0.25) is 5.02 Å². The number of amidine groups is 1. The first-order chi connectivity index (χ1) is 11.7. The minimum Gasteiger partial charge on any atom is -0.370 e. The van der Waals surface area contributed by atoms with E-state index < -0.39 is 10.1 Å². The number of aliphatic imine (C=N–C) groups is 1. The third-order valence-electron chi connectivity index (χ3n) is 3.36. The van der Waals surface area contributed by atoms with E-state index >= 15 is 0 Å². The van der Waals surface area contributed by atoms with Crippen LogP contribution < -0.4 is 5.32 Å². The van der Waals surface area contributed by atoms with E-state index in [2.05, 4.69) is 10.3 Å². The first-order valence-electron chi connectivity index (χ1n) is 7.38. The molecule has 0 saturated carbocycles. The van der Waals surface area contributed by atoms with E-state index in [1.54, 1.807) is 36.9 Å². The standard InChI is InChI=1S/C12H12ClN3O3S.C3H7NO/c13-9-3-1-2-8-10(20(17,18)19)6-16(12(8)9)7-11-14-4-5-15-11;1-4(2)3-5/h1-3,6H,4-5,7H2,(H,14,15)(H,17,18,19);3H,1-2H3. The molecule has 2 N–H and O–H groups in total. The third-order valence-corrected chi connectivity index (χ3v) is 4.55. The normalized spacial score (nSPS) is 13.7. The molecule has 1 aromatic heterocycles. The van der Waals surface area contributed by atoms with Crippen LogP contribution in [0.4, 0.5) is 0 Å². The van der Waals surface area contributed by atoms with Crippen LogP contribution in [0.15, 0.2) is 34.3 Å². The third kappa shape index (κ3) is 4.71. The molecule has 25 heavy (non-hydrogen) atoms. The number of hydrogen-bond acceptors (Lipinski definition) is 5. The fourth-order valence-electron chi connectivity index (χ4n) is 2.33. The Balaban J connectivity index is 0.000000399. The highest BCUT2D eigenvalue weighted by atomic mass is 35.5. The minimum atomic E-state index is -4.30. The van der Waals surface area contributed by atoms with E-state index in [0.717, 1.165) is 18.8 Å². The smallest absolute Gasteiger partial charge is 0.296 e. The molecule has 10 heteroatoms. The molecule has 1 aliphatic rings. The highest BCUT2D eigenvalue weighted by molar-refractivity contribution is 7.86. The van der Waals surface area contributed by atoms with Crippen LogP contribution in [-0.2, 0) is 21.5 Å². The molecule has 1 amide bonds. The van der Waals surface area contributed by atoms with Gasteiger partial charge in [-0.05, 0) is 6.07 Å². The number of halogens is 1. The van der Waals surface area contributed by atoms with Gasteiger partial charge < -0.3 is 14.8 Å². The summed E-state index contributed by atoms with van der Waals surface area (Å²) in [6.07, 6.45) is 2.13. The summed E-state index contributed by atoms with van der Waals surface area (Å²) >= 11 is 6.15. The molecule has 0 unspecified atom stereocenters. The van der Waals surface area contributed by atoms with Gasteiger partial charge in [-0.15, -0.1) is 0 Å². The summed E-state index contributed by atoms with van der Waals surface area (Å²) in [7, 11) is -0.924. The topological polar surface area (TPSA) is 104 Å². The Hall–Kier alpha value is -2.10. The van der Waals surface area contributed by atoms with Crippen molar-refractivity contribution in [3.05, 3.63) is 29.4 Å². The lowest BCUT2D eigenvalue weighted by Crippen LogP contribution is -2.23. The molecule has 0 radical (unpaired) electrons. The van der Waals surface area contributed by atoms with Gasteiger partial charge >= 0.3 is 0 Å². The molecular formula is C15H19ClN4O4S. The number of benzene rings is 1. The number of fused-ring (bicyclic) bond motifs is 1. The largest absolute Gasteiger partial charge is 0.370 e. The molecule has 0 atom stereocenters. The van der Waals surface area contributed by atoms with Gasteiger partial charge in [-0.3, -0.25) is 14.3 Å². The first kappa shape index (κ1) is 19.2. The maximum absolute atomic E-state index is 11.5. The summed E-state index contributed by atoms with van der Waals surface area (Å²) in [6, 6.07) is 4.94. The van der Waals surface area contributed by atoms with Crippen LogP contribution in [-0.4, -0.2) is 61.9 Å². The van der Waals surface area contributed by atoms with Crippen molar-refractivity contribution in [3.8, 4) is 0 Å². The van der Waals surface area contributed by atoms with Crippen LogP contribution in [0, 0.1) is 0 Å². The van der Waals surface area contributed by atoms with Crippen molar-refractivity contribution in [2.24, 2.45) is 4.99 Å². The summed E-state index contributed by atoms with van der Waals surface area (Å²) < 4.78 is 33.9. The maximum Gasteiger partial charge on any atom is 0.296 e. The minimum absolute atomic E-state index is 0.145. The molecule has 0 saturated heterocycles. The molecule has 8 nitrogen and oxygen atoms in total. The van der Waals surface area contributed by atoms with Crippen LogP contribution in [0.5, 0.6) is 0 Å². The van der Waals surface area contributed by atoms with E-state index in [1.807, 2.05) is 0 Å². The molecule has 2 aromatic rings. The van der Waals surface area contributed by atoms with Gasteiger partial charge in [0, 0.05) is 32.2 Å². The van der Waals surface area contributed by atoms with Crippen molar-refractivity contribution >= 4 is 44.9 Å². The Morgan fingerprint density at radius 3 is 2.64 bits per heavy atom. The monoisotopic (exact) mass is 386 g/mol. The maximum atomic E-state index is 11.5. The van der Waals surface area contributed by atoms with Gasteiger partial charge in [0.25, 0.3) is 10.1 Å². The van der Waals surface area contributed by atoms with Gasteiger partial charge in [-0.1, -0.05) is 23.7 Å². The second-order valence-electron chi connectivity index (χ2n) is 5.56. The highest BCUT2D eigenvalue weighted by Crippen LogP contribution is 2.30. The van der Waals surface area contributed by atoms with Crippen molar-refractivity contribution in [2.75, 3.05) is 27.2 Å². The zero-order chi connectivity index (χ0) is 18.6. The first-order valence-corrected chi connectivity index (χ1v) is 9.19. The second-order valence-corrected chi connectivity index (χ2v) is 7.35. The zero-order valence-electron chi connectivity index (χ0n) is 13.8. The molecular weight excluding hydrogens is 368 g/mol. The van der Waals surface area contributed by atoms with Crippen molar-refractivity contribution in [1.29, 1.82) is 0 Å². The Morgan fingerprint density at radius 2 is 2.12 bits per heavy atom. The molecule has 0 spiro atoms. The fourth-order valence-corrected chi connectivity index (χ4v) is 3.31. The summed E-state index contributed by atoms with van der Waals surface area (Å²) in [5.74, 6) is 0.767. The van der Waals surface area contributed by atoms with Crippen molar-refractivity contribution in [2.45, 2.75) is 11.4 Å². The number of carbonyl (C=O) groups excluding carboxylic acids is 1.